The molecule has 31 heavy (non-hydrogen) atoms. The average Bonchev–Trinajstić information content (AvgIpc) is 2.73. The van der Waals surface area contributed by atoms with Crippen LogP contribution in [0.4, 0.5) is 5.69 Å². The molecule has 0 radical (unpaired) electrons. The standard InChI is InChI=1S/C24H25ClN2O3S/c1-17-4-8-20(9-5-17)19(3)26-24(28)16-27(22-12-10-21(25)11-13-22)31(29,30)23-14-6-18(2)7-15-23/h4-15,19H,16H2,1-3H3,(H,26,28)/t19-/m1/s1. The first kappa shape index (κ1) is 22.8. The summed E-state index contributed by atoms with van der Waals surface area (Å²) in [6.07, 6.45) is 0. The molecule has 0 spiro atoms. The number of hydrogen-bond donors (Lipinski definition) is 1. The van der Waals surface area contributed by atoms with E-state index in [-0.39, 0.29) is 17.5 Å². The number of aryl methyl sites for hydroxylation is 2. The Balaban J connectivity index is 1.87. The van der Waals surface area contributed by atoms with Gasteiger partial charge in [0.05, 0.1) is 16.6 Å². The van der Waals surface area contributed by atoms with Gasteiger partial charge >= 0.3 is 0 Å². The number of anilines is 1. The van der Waals surface area contributed by atoms with E-state index >= 15 is 0 Å². The second-order valence-corrected chi connectivity index (χ2v) is 9.80. The van der Waals surface area contributed by atoms with Crippen LogP contribution < -0.4 is 9.62 Å². The molecule has 0 aliphatic rings. The Kier molecular flexibility index (Phi) is 7.03. The zero-order valence-electron chi connectivity index (χ0n) is 17.7. The van der Waals surface area contributed by atoms with Gasteiger partial charge in [-0.05, 0) is 62.7 Å². The van der Waals surface area contributed by atoms with E-state index in [1.807, 2.05) is 45.0 Å². The molecule has 5 nitrogen and oxygen atoms in total. The molecular weight excluding hydrogens is 432 g/mol. The molecule has 0 aliphatic carbocycles. The second kappa shape index (κ2) is 9.54. The molecule has 0 heterocycles. The van der Waals surface area contributed by atoms with E-state index in [1.165, 1.54) is 0 Å². The fraction of sp³-hybridized carbons (Fsp3) is 0.208. The SMILES string of the molecule is Cc1ccc([C@@H](C)NC(=O)CN(c2ccc(Cl)cc2)S(=O)(=O)c2ccc(C)cc2)cc1. The van der Waals surface area contributed by atoms with Gasteiger partial charge < -0.3 is 5.32 Å². The zero-order valence-corrected chi connectivity index (χ0v) is 19.2. The highest BCUT2D eigenvalue weighted by atomic mass is 35.5. The van der Waals surface area contributed by atoms with Crippen LogP contribution in [0.25, 0.3) is 0 Å². The highest BCUT2D eigenvalue weighted by Gasteiger charge is 2.27. The molecule has 0 fully saturated rings. The molecule has 0 saturated heterocycles. The number of sulfonamides is 1. The van der Waals surface area contributed by atoms with Crippen LogP contribution >= 0.6 is 11.6 Å². The maximum absolute atomic E-state index is 13.4. The monoisotopic (exact) mass is 456 g/mol. The smallest absolute Gasteiger partial charge is 0.264 e. The molecule has 7 heteroatoms. The van der Waals surface area contributed by atoms with Crippen molar-refractivity contribution >= 4 is 33.2 Å². The topological polar surface area (TPSA) is 66.5 Å². The zero-order chi connectivity index (χ0) is 22.6. The number of hydrogen-bond acceptors (Lipinski definition) is 3. The number of carbonyl (C=O) groups is 1. The summed E-state index contributed by atoms with van der Waals surface area (Å²) in [6, 6.07) is 20.5. The lowest BCUT2D eigenvalue weighted by atomic mass is 10.1. The fourth-order valence-corrected chi connectivity index (χ4v) is 4.66. The van der Waals surface area contributed by atoms with Crippen LogP contribution in [-0.2, 0) is 14.8 Å². The van der Waals surface area contributed by atoms with Gasteiger partial charge in [0.2, 0.25) is 5.91 Å². The number of carbonyl (C=O) groups excluding carboxylic acids is 1. The third kappa shape index (κ3) is 5.66. The Labute approximate surface area is 188 Å². The van der Waals surface area contributed by atoms with Gasteiger partial charge in [-0.25, -0.2) is 8.42 Å². The largest absolute Gasteiger partial charge is 0.348 e. The molecule has 0 unspecified atom stereocenters. The number of rotatable bonds is 7. The Morgan fingerprint density at radius 1 is 0.903 bits per heavy atom. The lowest BCUT2D eigenvalue weighted by molar-refractivity contribution is -0.120. The van der Waals surface area contributed by atoms with Crippen LogP contribution in [0.5, 0.6) is 0 Å². The van der Waals surface area contributed by atoms with Crippen LogP contribution in [0.1, 0.15) is 29.7 Å². The van der Waals surface area contributed by atoms with Crippen LogP contribution in [-0.4, -0.2) is 20.9 Å². The number of amides is 1. The maximum Gasteiger partial charge on any atom is 0.264 e. The first-order valence-electron chi connectivity index (χ1n) is 9.88. The summed E-state index contributed by atoms with van der Waals surface area (Å²) in [7, 11) is -3.96. The first-order chi connectivity index (χ1) is 14.7. The molecule has 1 amide bonds. The summed E-state index contributed by atoms with van der Waals surface area (Å²) < 4.78 is 27.8. The van der Waals surface area contributed by atoms with E-state index in [1.54, 1.807) is 48.5 Å². The van der Waals surface area contributed by atoms with E-state index in [4.69, 9.17) is 11.6 Å². The predicted molar refractivity (Wildman–Crippen MR) is 125 cm³/mol. The molecule has 1 N–H and O–H groups in total. The van der Waals surface area contributed by atoms with E-state index < -0.39 is 15.9 Å². The van der Waals surface area contributed by atoms with Gasteiger partial charge in [-0.15, -0.1) is 0 Å². The third-order valence-electron chi connectivity index (χ3n) is 4.97. The molecule has 0 saturated carbocycles. The predicted octanol–water partition coefficient (Wildman–Crippen LogP) is 5.03. The Hall–Kier alpha value is -2.83. The van der Waals surface area contributed by atoms with E-state index in [9.17, 15) is 13.2 Å². The fourth-order valence-electron chi connectivity index (χ4n) is 3.12. The second-order valence-electron chi connectivity index (χ2n) is 7.50. The summed E-state index contributed by atoms with van der Waals surface area (Å²) in [6.45, 7) is 5.39. The van der Waals surface area contributed by atoms with Crippen LogP contribution in [0, 0.1) is 13.8 Å². The van der Waals surface area contributed by atoms with Gasteiger partial charge in [0.25, 0.3) is 10.0 Å². The minimum absolute atomic E-state index is 0.118. The van der Waals surface area contributed by atoms with E-state index in [0.717, 1.165) is 21.0 Å². The summed E-state index contributed by atoms with van der Waals surface area (Å²) in [5.74, 6) is -0.404. The summed E-state index contributed by atoms with van der Waals surface area (Å²) in [4.78, 5) is 13.0. The van der Waals surface area contributed by atoms with Crippen LogP contribution in [0.3, 0.4) is 0 Å². The molecule has 1 atom stereocenters. The molecular formula is C24H25ClN2O3S. The van der Waals surface area contributed by atoms with Gasteiger partial charge in [0.1, 0.15) is 6.54 Å². The minimum Gasteiger partial charge on any atom is -0.348 e. The molecule has 0 aromatic heterocycles. The highest BCUT2D eigenvalue weighted by Crippen LogP contribution is 2.25. The molecule has 0 bridgehead atoms. The number of nitrogens with zero attached hydrogens (tertiary/aromatic N) is 1. The normalized spacial score (nSPS) is 12.3. The van der Waals surface area contributed by atoms with Crippen LogP contribution in [0.15, 0.2) is 77.7 Å². The number of nitrogens with one attached hydrogen (secondary N) is 1. The first-order valence-corrected chi connectivity index (χ1v) is 11.7. The van der Waals surface area contributed by atoms with Crippen LogP contribution in [0.2, 0.25) is 5.02 Å². The van der Waals surface area contributed by atoms with Crippen molar-refractivity contribution < 1.29 is 13.2 Å². The van der Waals surface area contributed by atoms with Crippen molar-refractivity contribution in [3.05, 3.63) is 94.5 Å². The molecule has 3 aromatic carbocycles. The lowest BCUT2D eigenvalue weighted by Crippen LogP contribution is -2.41. The average molecular weight is 457 g/mol. The third-order valence-corrected chi connectivity index (χ3v) is 7.01. The van der Waals surface area contributed by atoms with Crippen molar-refractivity contribution in [3.8, 4) is 0 Å². The molecule has 162 valence electrons. The lowest BCUT2D eigenvalue weighted by Gasteiger charge is -2.25. The van der Waals surface area contributed by atoms with Gasteiger partial charge in [-0.2, -0.15) is 0 Å². The van der Waals surface area contributed by atoms with Gasteiger partial charge in [0.15, 0.2) is 0 Å². The minimum atomic E-state index is -3.96. The number of benzene rings is 3. The summed E-state index contributed by atoms with van der Waals surface area (Å²) in [5.41, 5.74) is 3.38. The Bertz CT molecular complexity index is 1140. The van der Waals surface area contributed by atoms with E-state index in [0.29, 0.717) is 10.7 Å². The Morgan fingerprint density at radius 2 is 1.42 bits per heavy atom. The van der Waals surface area contributed by atoms with Crippen molar-refractivity contribution in [2.45, 2.75) is 31.7 Å². The van der Waals surface area contributed by atoms with E-state index in [2.05, 4.69) is 5.32 Å². The molecule has 0 aliphatic heterocycles. The van der Waals surface area contributed by atoms with Gasteiger partial charge in [-0.1, -0.05) is 59.1 Å². The van der Waals surface area contributed by atoms with Crippen molar-refractivity contribution in [2.75, 3.05) is 10.8 Å². The highest BCUT2D eigenvalue weighted by molar-refractivity contribution is 7.92. The van der Waals surface area contributed by atoms with Gasteiger partial charge in [0, 0.05) is 5.02 Å². The van der Waals surface area contributed by atoms with Crippen molar-refractivity contribution in [3.63, 3.8) is 0 Å². The van der Waals surface area contributed by atoms with Gasteiger partial charge in [-0.3, -0.25) is 9.10 Å². The van der Waals surface area contributed by atoms with Crippen molar-refractivity contribution in [2.24, 2.45) is 0 Å². The Morgan fingerprint density at radius 3 is 1.97 bits per heavy atom. The van der Waals surface area contributed by atoms with Crippen molar-refractivity contribution in [1.82, 2.24) is 5.32 Å². The molecule has 3 aromatic rings. The quantitative estimate of drug-likeness (QED) is 0.542. The summed E-state index contributed by atoms with van der Waals surface area (Å²) >= 11 is 5.97. The number of halogens is 1. The summed E-state index contributed by atoms with van der Waals surface area (Å²) in [5, 5.41) is 3.37. The maximum atomic E-state index is 13.4. The molecule has 3 rings (SSSR count). The van der Waals surface area contributed by atoms with Crippen molar-refractivity contribution in [1.29, 1.82) is 0 Å².